The highest BCUT2D eigenvalue weighted by atomic mass is 79.9. The van der Waals surface area contributed by atoms with Crippen molar-refractivity contribution in [2.75, 3.05) is 13.1 Å². The molecule has 7 heteroatoms. The van der Waals surface area contributed by atoms with Crippen molar-refractivity contribution in [1.82, 2.24) is 15.2 Å². The summed E-state index contributed by atoms with van der Waals surface area (Å²) in [6.45, 7) is 5.83. The van der Waals surface area contributed by atoms with E-state index in [1.807, 2.05) is 42.5 Å². The van der Waals surface area contributed by atoms with Crippen molar-refractivity contribution in [3.05, 3.63) is 70.3 Å². The molecule has 0 spiro atoms. The average molecular weight is 498 g/mol. The highest BCUT2D eigenvalue weighted by molar-refractivity contribution is 9.10. The zero-order chi connectivity index (χ0) is 23.3. The molecule has 0 saturated carbocycles. The fourth-order valence-corrected chi connectivity index (χ4v) is 4.41. The number of likely N-dealkylation sites (tertiary alicyclic amines) is 1. The van der Waals surface area contributed by atoms with Crippen LogP contribution in [0.15, 0.2) is 59.1 Å². The largest absolute Gasteiger partial charge is 0.350 e. The number of nitrogens with zero attached hydrogens (tertiary/aromatic N) is 1. The number of H-pyrrole nitrogens is 1. The lowest BCUT2D eigenvalue weighted by atomic mass is 9.83. The molecular weight excluding hydrogens is 470 g/mol. The standard InChI is InChI=1S/C18H20BrN3O3.C7H8/c1-11(23)18(21-12(2)24)6-8-22(9-7-18)17(25)16-10-13-14(19)4-3-5-15(13)20-16;1-7-5-3-2-4-6-7/h3-5,10,20H,6-9H2,1-2H3,(H,21,24);2-6H,1H3. The van der Waals surface area contributed by atoms with E-state index in [1.165, 1.54) is 19.4 Å². The number of carbonyl (C=O) groups excluding carboxylic acids is 3. The molecule has 2 amide bonds. The van der Waals surface area contributed by atoms with Crippen LogP contribution in [0.25, 0.3) is 10.9 Å². The van der Waals surface area contributed by atoms with Gasteiger partial charge in [0.2, 0.25) is 5.91 Å². The minimum absolute atomic E-state index is 0.0654. The number of amides is 2. The van der Waals surface area contributed by atoms with E-state index in [-0.39, 0.29) is 17.6 Å². The number of piperidine rings is 1. The molecule has 0 unspecified atom stereocenters. The summed E-state index contributed by atoms with van der Waals surface area (Å²) in [5, 5.41) is 3.74. The molecule has 2 N–H and O–H groups in total. The lowest BCUT2D eigenvalue weighted by Gasteiger charge is -2.40. The maximum absolute atomic E-state index is 12.8. The zero-order valence-corrected chi connectivity index (χ0v) is 20.2. The van der Waals surface area contributed by atoms with Gasteiger partial charge in [-0.2, -0.15) is 0 Å². The van der Waals surface area contributed by atoms with Crippen molar-refractivity contribution in [3.63, 3.8) is 0 Å². The number of hydrogen-bond donors (Lipinski definition) is 2. The molecule has 2 heterocycles. The first kappa shape index (κ1) is 23.7. The van der Waals surface area contributed by atoms with Gasteiger partial charge in [-0.15, -0.1) is 0 Å². The highest BCUT2D eigenvalue weighted by Gasteiger charge is 2.40. The highest BCUT2D eigenvalue weighted by Crippen LogP contribution is 2.27. The summed E-state index contributed by atoms with van der Waals surface area (Å²) in [6, 6.07) is 17.9. The summed E-state index contributed by atoms with van der Waals surface area (Å²) in [7, 11) is 0. The van der Waals surface area contributed by atoms with Gasteiger partial charge in [0.05, 0.1) is 0 Å². The van der Waals surface area contributed by atoms with Gasteiger partial charge in [-0.1, -0.05) is 57.9 Å². The Labute approximate surface area is 196 Å². The smallest absolute Gasteiger partial charge is 0.270 e. The van der Waals surface area contributed by atoms with Gasteiger partial charge in [0.1, 0.15) is 11.2 Å². The van der Waals surface area contributed by atoms with Crippen LogP contribution in [0.4, 0.5) is 0 Å². The molecule has 1 fully saturated rings. The number of rotatable bonds is 3. The molecule has 32 heavy (non-hydrogen) atoms. The molecule has 3 aromatic rings. The van der Waals surface area contributed by atoms with Gasteiger partial charge in [0.25, 0.3) is 5.91 Å². The number of Topliss-reactive ketones (excluding diaryl/α,β-unsaturated/α-hetero) is 1. The van der Waals surface area contributed by atoms with Gasteiger partial charge in [-0.25, -0.2) is 0 Å². The fraction of sp³-hybridized carbons (Fsp3) is 0.320. The van der Waals surface area contributed by atoms with Gasteiger partial charge in [-0.3, -0.25) is 14.4 Å². The molecule has 0 aliphatic carbocycles. The number of hydrogen-bond acceptors (Lipinski definition) is 3. The first-order valence-corrected chi connectivity index (χ1v) is 11.4. The number of ketones is 1. The van der Waals surface area contributed by atoms with Crippen molar-refractivity contribution in [3.8, 4) is 0 Å². The lowest BCUT2D eigenvalue weighted by Crippen LogP contribution is -2.59. The van der Waals surface area contributed by atoms with Gasteiger partial charge in [0, 0.05) is 35.4 Å². The Bertz CT molecular complexity index is 1120. The van der Waals surface area contributed by atoms with Gasteiger partial charge in [0.15, 0.2) is 5.78 Å². The zero-order valence-electron chi connectivity index (χ0n) is 18.6. The molecule has 2 aromatic carbocycles. The van der Waals surface area contributed by atoms with E-state index >= 15 is 0 Å². The van der Waals surface area contributed by atoms with Gasteiger partial charge in [-0.05, 0) is 44.9 Å². The Hall–Kier alpha value is -2.93. The summed E-state index contributed by atoms with van der Waals surface area (Å²) < 4.78 is 0.931. The Morgan fingerprint density at radius 1 is 1.00 bits per heavy atom. The molecule has 4 rings (SSSR count). The number of benzene rings is 2. The van der Waals surface area contributed by atoms with Crippen LogP contribution in [-0.2, 0) is 9.59 Å². The fourth-order valence-electron chi connectivity index (χ4n) is 3.93. The van der Waals surface area contributed by atoms with Crippen LogP contribution in [-0.4, -0.2) is 46.1 Å². The van der Waals surface area contributed by atoms with Crippen LogP contribution in [0.5, 0.6) is 0 Å². The Morgan fingerprint density at radius 3 is 2.16 bits per heavy atom. The van der Waals surface area contributed by atoms with E-state index in [2.05, 4.69) is 45.3 Å². The second-order valence-electron chi connectivity index (χ2n) is 8.15. The Kier molecular flexibility index (Phi) is 7.51. The summed E-state index contributed by atoms with van der Waals surface area (Å²) in [5.41, 5.74) is 1.89. The van der Waals surface area contributed by atoms with Crippen molar-refractivity contribution in [2.24, 2.45) is 0 Å². The topological polar surface area (TPSA) is 82.3 Å². The number of aryl methyl sites for hydroxylation is 1. The molecule has 1 saturated heterocycles. The molecule has 6 nitrogen and oxygen atoms in total. The van der Waals surface area contributed by atoms with Crippen molar-refractivity contribution in [1.29, 1.82) is 0 Å². The predicted octanol–water partition coefficient (Wildman–Crippen LogP) is 4.63. The van der Waals surface area contributed by atoms with E-state index in [0.29, 0.717) is 31.6 Å². The number of aromatic amines is 1. The van der Waals surface area contributed by atoms with Gasteiger partial charge < -0.3 is 15.2 Å². The summed E-state index contributed by atoms with van der Waals surface area (Å²) >= 11 is 3.49. The third-order valence-electron chi connectivity index (χ3n) is 5.78. The molecule has 1 aromatic heterocycles. The quantitative estimate of drug-likeness (QED) is 0.553. The van der Waals surface area contributed by atoms with E-state index < -0.39 is 5.54 Å². The number of aromatic nitrogens is 1. The normalized spacial score (nSPS) is 14.9. The van der Waals surface area contributed by atoms with Crippen molar-refractivity contribution < 1.29 is 14.4 Å². The van der Waals surface area contributed by atoms with Crippen LogP contribution in [0.3, 0.4) is 0 Å². The summed E-state index contributed by atoms with van der Waals surface area (Å²) in [5.74, 6) is -0.386. The van der Waals surface area contributed by atoms with E-state index in [1.54, 1.807) is 4.90 Å². The second kappa shape index (κ2) is 10.1. The summed E-state index contributed by atoms with van der Waals surface area (Å²) in [6.07, 6.45) is 0.856. The lowest BCUT2D eigenvalue weighted by molar-refractivity contribution is -0.131. The maximum Gasteiger partial charge on any atom is 0.270 e. The minimum atomic E-state index is -0.855. The summed E-state index contributed by atoms with van der Waals surface area (Å²) in [4.78, 5) is 41.1. The SMILES string of the molecule is CC(=O)NC1(C(C)=O)CCN(C(=O)c2cc3c(Br)cccc3[nH]2)CC1.Cc1ccccc1. The van der Waals surface area contributed by atoms with E-state index in [4.69, 9.17) is 0 Å². The molecule has 0 atom stereocenters. The number of fused-ring (bicyclic) bond motifs is 1. The first-order chi connectivity index (χ1) is 15.2. The predicted molar refractivity (Wildman–Crippen MR) is 130 cm³/mol. The minimum Gasteiger partial charge on any atom is -0.350 e. The number of nitrogens with one attached hydrogen (secondary N) is 2. The second-order valence-corrected chi connectivity index (χ2v) is 9.00. The first-order valence-electron chi connectivity index (χ1n) is 10.6. The van der Waals surface area contributed by atoms with Crippen LogP contribution in [0.2, 0.25) is 0 Å². The molecule has 168 valence electrons. The Balaban J connectivity index is 0.000000352. The van der Waals surface area contributed by atoms with Crippen molar-refractivity contribution >= 4 is 44.4 Å². The average Bonchev–Trinajstić information content (AvgIpc) is 3.20. The van der Waals surface area contributed by atoms with Crippen LogP contribution >= 0.6 is 15.9 Å². The maximum atomic E-state index is 12.8. The Morgan fingerprint density at radius 2 is 1.66 bits per heavy atom. The van der Waals surface area contributed by atoms with Crippen LogP contribution in [0, 0.1) is 6.92 Å². The third kappa shape index (κ3) is 5.46. The number of halogens is 1. The van der Waals surface area contributed by atoms with Crippen LogP contribution in [0.1, 0.15) is 42.7 Å². The van der Waals surface area contributed by atoms with Crippen molar-refractivity contribution in [2.45, 2.75) is 39.2 Å². The molecule has 0 bridgehead atoms. The monoisotopic (exact) mass is 497 g/mol. The van der Waals surface area contributed by atoms with Gasteiger partial charge >= 0.3 is 0 Å². The third-order valence-corrected chi connectivity index (χ3v) is 6.47. The van der Waals surface area contributed by atoms with Crippen LogP contribution < -0.4 is 5.32 Å². The molecular formula is C25H28BrN3O3. The molecule has 0 radical (unpaired) electrons. The van der Waals surface area contributed by atoms with E-state index in [0.717, 1.165) is 15.4 Å². The molecule has 1 aliphatic rings. The number of carbonyl (C=O) groups is 3. The molecule has 1 aliphatic heterocycles. The van der Waals surface area contributed by atoms with E-state index in [9.17, 15) is 14.4 Å².